The second kappa shape index (κ2) is 8.34. The van der Waals surface area contributed by atoms with Crippen molar-refractivity contribution < 1.29 is 9.47 Å². The van der Waals surface area contributed by atoms with Crippen molar-refractivity contribution in [2.24, 2.45) is 5.92 Å². The monoisotopic (exact) mass is 170 g/mol. The maximum Gasteiger partial charge on any atom is 0.0920 e. The van der Waals surface area contributed by atoms with Crippen LogP contribution in [-0.2, 0) is 9.47 Å². The average molecular weight is 170 g/mol. The van der Waals surface area contributed by atoms with Crippen LogP contribution in [0.15, 0.2) is 25.0 Å². The molecule has 0 aliphatic rings. The second-order valence-electron chi connectivity index (χ2n) is 2.73. The molecule has 0 radical (unpaired) electrons. The molecule has 0 spiro atoms. The minimum Gasteiger partial charge on any atom is -0.501 e. The van der Waals surface area contributed by atoms with Crippen LogP contribution in [0.3, 0.4) is 0 Å². The van der Waals surface area contributed by atoms with Crippen molar-refractivity contribution in [3.8, 4) is 0 Å². The van der Waals surface area contributed by atoms with Gasteiger partial charge in [-0.25, -0.2) is 0 Å². The molecule has 0 saturated heterocycles. The van der Waals surface area contributed by atoms with Crippen molar-refractivity contribution in [3.05, 3.63) is 25.0 Å². The Labute approximate surface area is 74.9 Å². The molecular formula is C10H18O2. The van der Waals surface area contributed by atoms with E-state index >= 15 is 0 Å². The molecule has 0 rings (SSSR count). The third-order valence-corrected chi connectivity index (χ3v) is 1.25. The first-order valence-corrected chi connectivity index (χ1v) is 4.22. The number of rotatable bonds is 7. The Morgan fingerprint density at radius 3 is 2.75 bits per heavy atom. The lowest BCUT2D eigenvalue weighted by atomic mass is 10.2. The summed E-state index contributed by atoms with van der Waals surface area (Å²) >= 11 is 0. The lowest BCUT2D eigenvalue weighted by Gasteiger charge is -2.09. The normalized spacial score (nSPS) is 13.2. The fraction of sp³-hybridized carbons (Fsp3) is 0.600. The van der Waals surface area contributed by atoms with Crippen molar-refractivity contribution in [1.82, 2.24) is 0 Å². The molecule has 2 nitrogen and oxygen atoms in total. The Kier molecular flexibility index (Phi) is 7.81. The third-order valence-electron chi connectivity index (χ3n) is 1.25. The van der Waals surface area contributed by atoms with Gasteiger partial charge in [-0.2, -0.15) is 0 Å². The van der Waals surface area contributed by atoms with Gasteiger partial charge in [0.1, 0.15) is 0 Å². The van der Waals surface area contributed by atoms with Gasteiger partial charge < -0.3 is 9.47 Å². The maximum absolute atomic E-state index is 5.25. The SMILES string of the molecule is C=CCOCC(C)COC=CC. The van der Waals surface area contributed by atoms with E-state index < -0.39 is 0 Å². The van der Waals surface area contributed by atoms with Gasteiger partial charge in [-0.3, -0.25) is 0 Å². The van der Waals surface area contributed by atoms with E-state index in [1.165, 1.54) is 0 Å². The van der Waals surface area contributed by atoms with Gasteiger partial charge in [0.05, 0.1) is 26.1 Å². The van der Waals surface area contributed by atoms with Crippen LogP contribution in [-0.4, -0.2) is 19.8 Å². The average Bonchev–Trinajstić information content (AvgIpc) is 2.06. The molecule has 0 aromatic heterocycles. The topological polar surface area (TPSA) is 18.5 Å². The maximum atomic E-state index is 5.25. The van der Waals surface area contributed by atoms with Crippen molar-refractivity contribution in [1.29, 1.82) is 0 Å². The summed E-state index contributed by atoms with van der Waals surface area (Å²) in [6, 6.07) is 0. The summed E-state index contributed by atoms with van der Waals surface area (Å²) in [4.78, 5) is 0. The van der Waals surface area contributed by atoms with Crippen LogP contribution in [0, 0.1) is 5.92 Å². The lowest BCUT2D eigenvalue weighted by Crippen LogP contribution is -2.11. The van der Waals surface area contributed by atoms with Crippen molar-refractivity contribution in [2.45, 2.75) is 13.8 Å². The Hall–Kier alpha value is -0.760. The summed E-state index contributed by atoms with van der Waals surface area (Å²) in [6.07, 6.45) is 5.32. The molecule has 0 aliphatic heterocycles. The Morgan fingerprint density at radius 1 is 1.42 bits per heavy atom. The first-order chi connectivity index (χ1) is 5.81. The van der Waals surface area contributed by atoms with Crippen molar-refractivity contribution >= 4 is 0 Å². The van der Waals surface area contributed by atoms with Crippen LogP contribution in [0.2, 0.25) is 0 Å². The van der Waals surface area contributed by atoms with Gasteiger partial charge >= 0.3 is 0 Å². The predicted molar refractivity (Wildman–Crippen MR) is 50.9 cm³/mol. The highest BCUT2D eigenvalue weighted by Gasteiger charge is 2.00. The Balaban J connectivity index is 3.20. The highest BCUT2D eigenvalue weighted by molar-refractivity contribution is 4.67. The summed E-state index contributed by atoms with van der Waals surface area (Å²) in [5.41, 5.74) is 0. The zero-order chi connectivity index (χ0) is 9.23. The van der Waals surface area contributed by atoms with Gasteiger partial charge in [-0.05, 0) is 6.92 Å². The minimum atomic E-state index is 0.432. The molecule has 0 aromatic rings. The van der Waals surface area contributed by atoms with Gasteiger partial charge in [-0.1, -0.05) is 19.1 Å². The molecule has 0 bridgehead atoms. The zero-order valence-corrected chi connectivity index (χ0v) is 7.95. The smallest absolute Gasteiger partial charge is 0.0920 e. The summed E-state index contributed by atoms with van der Waals surface area (Å²) in [6.45, 7) is 9.64. The highest BCUT2D eigenvalue weighted by atomic mass is 16.5. The van der Waals surface area contributed by atoms with Gasteiger partial charge in [0.25, 0.3) is 0 Å². The molecule has 0 aliphatic carbocycles. The van der Waals surface area contributed by atoms with E-state index in [1.54, 1.807) is 12.3 Å². The van der Waals surface area contributed by atoms with Gasteiger partial charge in [0.15, 0.2) is 0 Å². The standard InChI is InChI=1S/C10H18O2/c1-4-6-11-8-10(3)9-12-7-5-2/h4-5,7,10H,1,6,8-9H2,2-3H3. The van der Waals surface area contributed by atoms with Crippen molar-refractivity contribution in [2.75, 3.05) is 19.8 Å². The number of hydrogen-bond acceptors (Lipinski definition) is 2. The Bertz CT molecular complexity index is 130. The van der Waals surface area contributed by atoms with E-state index in [-0.39, 0.29) is 0 Å². The quantitative estimate of drug-likeness (QED) is 0.332. The van der Waals surface area contributed by atoms with Gasteiger partial charge in [0, 0.05) is 5.92 Å². The molecule has 0 N–H and O–H groups in total. The highest BCUT2D eigenvalue weighted by Crippen LogP contribution is 1.97. The van der Waals surface area contributed by atoms with E-state index in [0.717, 1.165) is 6.61 Å². The molecule has 12 heavy (non-hydrogen) atoms. The van der Waals surface area contributed by atoms with Crippen LogP contribution < -0.4 is 0 Å². The molecule has 0 amide bonds. The fourth-order valence-corrected chi connectivity index (χ4v) is 0.717. The molecule has 0 fully saturated rings. The van der Waals surface area contributed by atoms with Crippen molar-refractivity contribution in [3.63, 3.8) is 0 Å². The third kappa shape index (κ3) is 7.35. The first kappa shape index (κ1) is 11.2. The van der Waals surface area contributed by atoms with Gasteiger partial charge in [-0.15, -0.1) is 6.58 Å². The molecule has 0 heterocycles. The zero-order valence-electron chi connectivity index (χ0n) is 7.95. The molecule has 70 valence electrons. The van der Waals surface area contributed by atoms with Gasteiger partial charge in [0.2, 0.25) is 0 Å². The summed E-state index contributed by atoms with van der Waals surface area (Å²) in [5.74, 6) is 0.432. The van der Waals surface area contributed by atoms with Crippen LogP contribution in [0.25, 0.3) is 0 Å². The summed E-state index contributed by atoms with van der Waals surface area (Å²) < 4.78 is 10.4. The van der Waals surface area contributed by atoms with Crippen LogP contribution in [0.4, 0.5) is 0 Å². The number of hydrogen-bond donors (Lipinski definition) is 0. The first-order valence-electron chi connectivity index (χ1n) is 4.22. The van der Waals surface area contributed by atoms with Crippen LogP contribution in [0.5, 0.6) is 0 Å². The van der Waals surface area contributed by atoms with Crippen LogP contribution >= 0.6 is 0 Å². The fourth-order valence-electron chi connectivity index (χ4n) is 0.717. The van der Waals surface area contributed by atoms with E-state index in [2.05, 4.69) is 13.5 Å². The predicted octanol–water partition coefficient (Wildman–Crippen LogP) is 2.38. The largest absolute Gasteiger partial charge is 0.501 e. The summed E-state index contributed by atoms with van der Waals surface area (Å²) in [7, 11) is 0. The van der Waals surface area contributed by atoms with E-state index in [9.17, 15) is 0 Å². The molecule has 1 unspecified atom stereocenters. The molecule has 1 atom stereocenters. The summed E-state index contributed by atoms with van der Waals surface area (Å²) in [5, 5.41) is 0. The Morgan fingerprint density at radius 2 is 2.17 bits per heavy atom. The van der Waals surface area contributed by atoms with E-state index in [0.29, 0.717) is 19.1 Å². The molecule has 2 heteroatoms. The second-order valence-corrected chi connectivity index (χ2v) is 2.73. The molecular weight excluding hydrogens is 152 g/mol. The molecule has 0 aromatic carbocycles. The lowest BCUT2D eigenvalue weighted by molar-refractivity contribution is 0.0913. The molecule has 0 saturated carbocycles. The number of ether oxygens (including phenoxy) is 2. The number of allylic oxidation sites excluding steroid dienone is 1. The van der Waals surface area contributed by atoms with Crippen LogP contribution in [0.1, 0.15) is 13.8 Å². The minimum absolute atomic E-state index is 0.432. The van der Waals surface area contributed by atoms with E-state index in [1.807, 2.05) is 13.0 Å². The van der Waals surface area contributed by atoms with E-state index in [4.69, 9.17) is 9.47 Å².